The van der Waals surface area contributed by atoms with Crippen LogP contribution in [0.5, 0.6) is 0 Å². The highest BCUT2D eigenvalue weighted by Gasteiger charge is 2.19. The van der Waals surface area contributed by atoms with Crippen LogP contribution in [0.1, 0.15) is 12.8 Å². The quantitative estimate of drug-likeness (QED) is 0.740. The summed E-state index contributed by atoms with van der Waals surface area (Å²) < 4.78 is 2.14. The van der Waals surface area contributed by atoms with Crippen LogP contribution in [-0.2, 0) is 11.3 Å². The summed E-state index contributed by atoms with van der Waals surface area (Å²) in [6, 6.07) is 11.0. The van der Waals surface area contributed by atoms with Gasteiger partial charge in [-0.2, -0.15) is 0 Å². The Morgan fingerprint density at radius 2 is 1.82 bits per heavy atom. The predicted octanol–water partition coefficient (Wildman–Crippen LogP) is 3.03. The normalized spacial score (nSPS) is 15.1. The zero-order valence-electron chi connectivity index (χ0n) is 16.4. The molecule has 3 rings (SSSR count). The fraction of sp³-hybridized carbons (Fsp3) is 0.429. The first-order valence-electron chi connectivity index (χ1n) is 9.56. The molecule has 1 N–H and O–H groups in total. The minimum Gasteiger partial charge on any atom is -0.372 e. The van der Waals surface area contributed by atoms with E-state index in [2.05, 4.69) is 45.1 Å². The van der Waals surface area contributed by atoms with Crippen molar-refractivity contribution < 1.29 is 4.79 Å². The van der Waals surface area contributed by atoms with Crippen LogP contribution in [0.4, 0.5) is 11.4 Å². The molecule has 1 aliphatic heterocycles. The first-order valence-corrected chi connectivity index (χ1v) is 10.4. The number of rotatable bonds is 6. The number of nitrogens with one attached hydrogen (secondary N) is 1. The van der Waals surface area contributed by atoms with Crippen LogP contribution in [-0.4, -0.2) is 49.1 Å². The second-order valence-corrected chi connectivity index (χ2v) is 8.52. The number of aromatic nitrogens is 1. The summed E-state index contributed by atoms with van der Waals surface area (Å²) in [6.45, 7) is 3.27. The average Bonchev–Trinajstić information content (AvgIpc) is 2.65. The number of pyridine rings is 1. The van der Waals surface area contributed by atoms with Crippen LogP contribution in [0, 0.1) is 5.92 Å². The van der Waals surface area contributed by atoms with Crippen LogP contribution < -0.4 is 15.8 Å². The molecular weight excluding hydrogens is 420 g/mol. The van der Waals surface area contributed by atoms with E-state index in [0.29, 0.717) is 0 Å². The summed E-state index contributed by atoms with van der Waals surface area (Å²) in [5.41, 5.74) is 1.72. The third-order valence-corrected chi connectivity index (χ3v) is 5.48. The Kier molecular flexibility index (Phi) is 6.91. The average molecular weight is 447 g/mol. The fourth-order valence-electron chi connectivity index (χ4n) is 3.63. The largest absolute Gasteiger partial charge is 0.372 e. The topological polar surface area (TPSA) is 57.6 Å². The second-order valence-electron chi connectivity index (χ2n) is 7.60. The molecule has 0 unspecified atom stereocenters. The number of carbonyl (C=O) groups is 1. The molecule has 7 heteroatoms. The number of benzene rings is 1. The molecule has 0 radical (unpaired) electrons. The molecule has 1 amide bonds. The molecule has 6 nitrogen and oxygen atoms in total. The molecule has 0 aliphatic carbocycles. The lowest BCUT2D eigenvalue weighted by Crippen LogP contribution is -2.37. The first kappa shape index (κ1) is 20.6. The van der Waals surface area contributed by atoms with E-state index in [0.717, 1.165) is 35.7 Å². The van der Waals surface area contributed by atoms with E-state index in [1.54, 1.807) is 12.3 Å². The zero-order valence-corrected chi connectivity index (χ0v) is 18.0. The molecule has 150 valence electrons. The number of halogens is 1. The lowest BCUT2D eigenvalue weighted by molar-refractivity contribution is -0.116. The van der Waals surface area contributed by atoms with Crippen molar-refractivity contribution in [2.75, 3.05) is 43.9 Å². The van der Waals surface area contributed by atoms with Gasteiger partial charge in [0.15, 0.2) is 0 Å². The van der Waals surface area contributed by atoms with E-state index in [1.165, 1.54) is 29.2 Å². The van der Waals surface area contributed by atoms with Crippen LogP contribution >= 0.6 is 15.9 Å². The van der Waals surface area contributed by atoms with Crippen molar-refractivity contribution >= 4 is 33.2 Å². The molecule has 2 heterocycles. The van der Waals surface area contributed by atoms with Gasteiger partial charge in [0.1, 0.15) is 6.54 Å². The highest BCUT2D eigenvalue weighted by atomic mass is 79.9. The van der Waals surface area contributed by atoms with Crippen molar-refractivity contribution in [2.24, 2.45) is 5.92 Å². The predicted molar refractivity (Wildman–Crippen MR) is 117 cm³/mol. The van der Waals surface area contributed by atoms with Crippen molar-refractivity contribution in [3.63, 3.8) is 0 Å². The SMILES string of the molecule is CN(C)CC1CCN(c2ccc(NC(=O)Cn3cc(Br)ccc3=O)cc2)CC1. The molecule has 2 aromatic rings. The Morgan fingerprint density at radius 1 is 1.14 bits per heavy atom. The van der Waals surface area contributed by atoms with Gasteiger partial charge in [-0.1, -0.05) is 0 Å². The molecule has 1 aliphatic rings. The number of piperidine rings is 1. The van der Waals surface area contributed by atoms with Gasteiger partial charge in [-0.05, 0) is 79.1 Å². The highest BCUT2D eigenvalue weighted by Crippen LogP contribution is 2.25. The van der Waals surface area contributed by atoms with Gasteiger partial charge in [-0.15, -0.1) is 0 Å². The number of hydrogen-bond acceptors (Lipinski definition) is 4. The molecule has 1 fully saturated rings. The Labute approximate surface area is 174 Å². The van der Waals surface area contributed by atoms with Crippen molar-refractivity contribution in [1.82, 2.24) is 9.47 Å². The van der Waals surface area contributed by atoms with Crippen molar-refractivity contribution in [1.29, 1.82) is 0 Å². The van der Waals surface area contributed by atoms with Gasteiger partial charge in [-0.3, -0.25) is 9.59 Å². The van der Waals surface area contributed by atoms with E-state index in [9.17, 15) is 9.59 Å². The van der Waals surface area contributed by atoms with Crippen molar-refractivity contribution in [3.8, 4) is 0 Å². The number of anilines is 2. The van der Waals surface area contributed by atoms with Gasteiger partial charge in [0.05, 0.1) is 0 Å². The first-order chi connectivity index (χ1) is 13.4. The minimum atomic E-state index is -0.225. The smallest absolute Gasteiger partial charge is 0.251 e. The zero-order chi connectivity index (χ0) is 20.1. The van der Waals surface area contributed by atoms with E-state index < -0.39 is 0 Å². The van der Waals surface area contributed by atoms with Crippen LogP contribution in [0.15, 0.2) is 51.9 Å². The molecule has 0 saturated carbocycles. The summed E-state index contributed by atoms with van der Waals surface area (Å²) >= 11 is 3.32. The van der Waals surface area contributed by atoms with Gasteiger partial charge in [0.2, 0.25) is 5.91 Å². The third-order valence-electron chi connectivity index (χ3n) is 5.02. The standard InChI is InChI=1S/C21H27BrN4O2/c1-24(2)13-16-9-11-25(12-10-16)19-6-4-18(5-7-19)23-20(27)15-26-14-17(22)3-8-21(26)28/h3-8,14,16H,9-13,15H2,1-2H3,(H,23,27). The van der Waals surface area contributed by atoms with E-state index in [-0.39, 0.29) is 18.0 Å². The minimum absolute atomic E-state index is 0.0145. The lowest BCUT2D eigenvalue weighted by atomic mass is 9.96. The number of carbonyl (C=O) groups excluding carboxylic acids is 1. The van der Waals surface area contributed by atoms with Gasteiger partial charge in [0.25, 0.3) is 5.56 Å². The van der Waals surface area contributed by atoms with Crippen LogP contribution in [0.3, 0.4) is 0 Å². The van der Waals surface area contributed by atoms with Gasteiger partial charge in [-0.25, -0.2) is 0 Å². The highest BCUT2D eigenvalue weighted by molar-refractivity contribution is 9.10. The molecule has 1 aromatic heterocycles. The summed E-state index contributed by atoms with van der Waals surface area (Å²) in [6.07, 6.45) is 4.03. The molecule has 28 heavy (non-hydrogen) atoms. The second kappa shape index (κ2) is 9.39. The number of hydrogen-bond donors (Lipinski definition) is 1. The Morgan fingerprint density at radius 3 is 2.46 bits per heavy atom. The Hall–Kier alpha value is -2.12. The van der Waals surface area contributed by atoms with Crippen LogP contribution in [0.25, 0.3) is 0 Å². The van der Waals surface area contributed by atoms with E-state index in [4.69, 9.17) is 0 Å². The molecule has 0 bridgehead atoms. The van der Waals surface area contributed by atoms with Gasteiger partial charge in [0, 0.05) is 47.7 Å². The van der Waals surface area contributed by atoms with Crippen LogP contribution in [0.2, 0.25) is 0 Å². The summed E-state index contributed by atoms with van der Waals surface area (Å²) in [5, 5.41) is 2.86. The maximum atomic E-state index is 12.3. The van der Waals surface area contributed by atoms with Gasteiger partial charge < -0.3 is 19.7 Å². The molecular formula is C21H27BrN4O2. The fourth-order valence-corrected chi connectivity index (χ4v) is 4.01. The monoisotopic (exact) mass is 446 g/mol. The third kappa shape index (κ3) is 5.69. The Balaban J connectivity index is 1.54. The Bertz CT molecular complexity index is 855. The summed E-state index contributed by atoms with van der Waals surface area (Å²) in [7, 11) is 4.26. The summed E-state index contributed by atoms with van der Waals surface area (Å²) in [4.78, 5) is 28.7. The maximum absolute atomic E-state index is 12.3. The van der Waals surface area contributed by atoms with E-state index in [1.807, 2.05) is 24.3 Å². The van der Waals surface area contributed by atoms with Gasteiger partial charge >= 0.3 is 0 Å². The van der Waals surface area contributed by atoms with Crippen molar-refractivity contribution in [2.45, 2.75) is 19.4 Å². The maximum Gasteiger partial charge on any atom is 0.251 e. The lowest BCUT2D eigenvalue weighted by Gasteiger charge is -2.34. The number of nitrogens with zero attached hydrogens (tertiary/aromatic N) is 3. The molecule has 1 aromatic carbocycles. The molecule has 1 saturated heterocycles. The summed E-state index contributed by atoms with van der Waals surface area (Å²) in [5.74, 6) is 0.545. The number of amides is 1. The molecule has 0 atom stereocenters. The van der Waals surface area contributed by atoms with E-state index >= 15 is 0 Å². The van der Waals surface area contributed by atoms with Crippen molar-refractivity contribution in [3.05, 3.63) is 57.4 Å². The molecule has 0 spiro atoms.